The van der Waals surface area contributed by atoms with E-state index in [0.717, 1.165) is 15.4 Å². The molecule has 1 N–H and O–H groups in total. The predicted molar refractivity (Wildman–Crippen MR) is 181 cm³/mol. The minimum absolute atomic E-state index is 0.0143. The van der Waals surface area contributed by atoms with Crippen molar-refractivity contribution >= 4 is 50.7 Å². The highest BCUT2D eigenvalue weighted by Gasteiger charge is 2.35. The third-order valence-corrected chi connectivity index (χ3v) is 9.69. The van der Waals surface area contributed by atoms with Crippen LogP contribution in [0, 0.1) is 13.8 Å². The molecule has 0 saturated heterocycles. The van der Waals surface area contributed by atoms with Gasteiger partial charge in [0.1, 0.15) is 12.6 Å². The van der Waals surface area contributed by atoms with Crippen LogP contribution >= 0.6 is 23.2 Å². The molecule has 2 amide bonds. The molecular weight excluding hydrogens is 629 g/mol. The number of nitrogens with one attached hydrogen (secondary N) is 1. The molecule has 0 saturated carbocycles. The molecule has 1 atom stereocenters. The summed E-state index contributed by atoms with van der Waals surface area (Å²) in [6.45, 7) is 6.71. The average Bonchev–Trinajstić information content (AvgIpc) is 2.99. The Morgan fingerprint density at radius 3 is 2.11 bits per heavy atom. The van der Waals surface area contributed by atoms with Crippen LogP contribution in [0.5, 0.6) is 0 Å². The Balaban J connectivity index is 1.84. The molecule has 4 aromatic rings. The monoisotopic (exact) mass is 665 g/mol. The maximum atomic E-state index is 14.5. The molecule has 0 heterocycles. The van der Waals surface area contributed by atoms with Gasteiger partial charge in [0.25, 0.3) is 10.0 Å². The maximum Gasteiger partial charge on any atom is 0.264 e. The molecule has 236 valence electrons. The van der Waals surface area contributed by atoms with Crippen LogP contribution in [0.1, 0.15) is 36.1 Å². The number of benzene rings is 4. The second kappa shape index (κ2) is 15.0. The van der Waals surface area contributed by atoms with Crippen LogP contribution in [0.15, 0.2) is 102 Å². The lowest BCUT2D eigenvalue weighted by molar-refractivity contribution is -0.140. The molecule has 4 aromatic carbocycles. The van der Waals surface area contributed by atoms with E-state index in [1.165, 1.54) is 17.0 Å². The second-order valence-electron chi connectivity index (χ2n) is 11.2. The van der Waals surface area contributed by atoms with Crippen LogP contribution in [0.2, 0.25) is 10.0 Å². The van der Waals surface area contributed by atoms with Gasteiger partial charge in [-0.15, -0.1) is 0 Å². The van der Waals surface area contributed by atoms with Gasteiger partial charge in [0.2, 0.25) is 11.8 Å². The summed E-state index contributed by atoms with van der Waals surface area (Å²) in [4.78, 5) is 29.8. The molecule has 1 unspecified atom stereocenters. The standard InChI is InChI=1S/C35H37Cl2N3O4S/c1-24(2)38-35(42)33(21-27-10-6-5-7-11-27)39(22-28-12-8-9-13-31(28)37)34(41)23-40(32-19-16-29(36)20-26(32)4)45(43,44)30-17-14-25(3)15-18-30/h5-20,24,33H,21-23H2,1-4H3,(H,38,42). The van der Waals surface area contributed by atoms with Crippen molar-refractivity contribution in [2.45, 2.75) is 57.6 Å². The number of aryl methyl sites for hydroxylation is 2. The number of anilines is 1. The molecule has 10 heteroatoms. The zero-order valence-corrected chi connectivity index (χ0v) is 28.0. The van der Waals surface area contributed by atoms with Crippen LogP contribution in [0.4, 0.5) is 5.69 Å². The SMILES string of the molecule is Cc1ccc(S(=O)(=O)N(CC(=O)N(Cc2ccccc2Cl)C(Cc2ccccc2)C(=O)NC(C)C)c2ccc(Cl)cc2C)cc1. The van der Waals surface area contributed by atoms with Crippen molar-refractivity contribution < 1.29 is 18.0 Å². The lowest BCUT2D eigenvalue weighted by Gasteiger charge is -2.34. The maximum absolute atomic E-state index is 14.5. The smallest absolute Gasteiger partial charge is 0.264 e. The number of rotatable bonds is 12. The van der Waals surface area contributed by atoms with E-state index in [-0.39, 0.29) is 29.8 Å². The summed E-state index contributed by atoms with van der Waals surface area (Å²) in [7, 11) is -4.22. The number of sulfonamides is 1. The lowest BCUT2D eigenvalue weighted by atomic mass is 10.0. The zero-order valence-electron chi connectivity index (χ0n) is 25.7. The second-order valence-corrected chi connectivity index (χ2v) is 13.9. The topological polar surface area (TPSA) is 86.8 Å². The fraction of sp³-hybridized carbons (Fsp3) is 0.257. The van der Waals surface area contributed by atoms with Gasteiger partial charge in [0.05, 0.1) is 10.6 Å². The Hall–Kier alpha value is -3.85. The minimum Gasteiger partial charge on any atom is -0.352 e. The molecule has 4 rings (SSSR count). The molecule has 7 nitrogen and oxygen atoms in total. The molecule has 0 radical (unpaired) electrons. The predicted octanol–water partition coefficient (Wildman–Crippen LogP) is 6.97. The molecule has 45 heavy (non-hydrogen) atoms. The van der Waals surface area contributed by atoms with Gasteiger partial charge in [-0.1, -0.05) is 89.4 Å². The van der Waals surface area contributed by atoms with E-state index in [1.54, 1.807) is 61.5 Å². The molecule has 0 spiro atoms. The number of hydrogen-bond acceptors (Lipinski definition) is 4. The number of carbonyl (C=O) groups is 2. The van der Waals surface area contributed by atoms with Gasteiger partial charge in [0.15, 0.2) is 0 Å². The van der Waals surface area contributed by atoms with Crippen LogP contribution in [0.25, 0.3) is 0 Å². The summed E-state index contributed by atoms with van der Waals surface area (Å²) in [6.07, 6.45) is 0.209. The average molecular weight is 667 g/mol. The molecule has 0 aliphatic carbocycles. The van der Waals surface area contributed by atoms with Crippen LogP contribution in [0.3, 0.4) is 0 Å². The number of hydrogen-bond donors (Lipinski definition) is 1. The molecule has 0 aliphatic heterocycles. The largest absolute Gasteiger partial charge is 0.352 e. The van der Waals surface area contributed by atoms with E-state index in [2.05, 4.69) is 5.32 Å². The van der Waals surface area contributed by atoms with Crippen molar-refractivity contribution in [1.29, 1.82) is 0 Å². The summed E-state index contributed by atoms with van der Waals surface area (Å²) < 4.78 is 29.5. The van der Waals surface area contributed by atoms with Crippen molar-refractivity contribution in [2.24, 2.45) is 0 Å². The van der Waals surface area contributed by atoms with Gasteiger partial charge in [-0.25, -0.2) is 8.42 Å². The summed E-state index contributed by atoms with van der Waals surface area (Å²) in [5.41, 5.74) is 3.24. The molecule has 0 fully saturated rings. The van der Waals surface area contributed by atoms with Crippen molar-refractivity contribution in [1.82, 2.24) is 10.2 Å². The normalized spacial score (nSPS) is 12.1. The molecular formula is C35H37Cl2N3O4S. The summed E-state index contributed by atoms with van der Waals surface area (Å²) in [5.74, 6) is -0.926. The van der Waals surface area contributed by atoms with Gasteiger partial charge in [-0.2, -0.15) is 0 Å². The van der Waals surface area contributed by atoms with E-state index in [0.29, 0.717) is 26.9 Å². The van der Waals surface area contributed by atoms with Crippen molar-refractivity contribution in [3.05, 3.63) is 129 Å². The van der Waals surface area contributed by atoms with E-state index >= 15 is 0 Å². The number of halogens is 2. The lowest BCUT2D eigenvalue weighted by Crippen LogP contribution is -2.54. The third-order valence-electron chi connectivity index (χ3n) is 7.32. The van der Waals surface area contributed by atoms with Crippen molar-refractivity contribution in [2.75, 3.05) is 10.8 Å². The molecule has 0 aromatic heterocycles. The van der Waals surface area contributed by atoms with Gasteiger partial charge in [-0.3, -0.25) is 13.9 Å². The molecule has 0 bridgehead atoms. The van der Waals surface area contributed by atoms with Gasteiger partial charge in [-0.05, 0) is 80.8 Å². The van der Waals surface area contributed by atoms with E-state index < -0.39 is 28.5 Å². The Morgan fingerprint density at radius 2 is 1.49 bits per heavy atom. The first-order valence-corrected chi connectivity index (χ1v) is 16.8. The Labute approximate surface area is 275 Å². The van der Waals surface area contributed by atoms with E-state index in [1.807, 2.05) is 51.1 Å². The van der Waals surface area contributed by atoms with Crippen molar-refractivity contribution in [3.63, 3.8) is 0 Å². The highest BCUT2D eigenvalue weighted by atomic mass is 35.5. The number of carbonyl (C=O) groups excluding carboxylic acids is 2. The first-order chi connectivity index (χ1) is 21.4. The fourth-order valence-electron chi connectivity index (χ4n) is 4.99. The van der Waals surface area contributed by atoms with Gasteiger partial charge in [0, 0.05) is 29.1 Å². The summed E-state index contributed by atoms with van der Waals surface area (Å²) in [5, 5.41) is 3.81. The van der Waals surface area contributed by atoms with Gasteiger partial charge >= 0.3 is 0 Å². The highest BCUT2D eigenvalue weighted by molar-refractivity contribution is 7.92. The summed E-state index contributed by atoms with van der Waals surface area (Å²) >= 11 is 12.8. The first kappa shape index (κ1) is 34.0. The fourth-order valence-corrected chi connectivity index (χ4v) is 6.90. The Kier molecular flexibility index (Phi) is 11.3. The van der Waals surface area contributed by atoms with Crippen molar-refractivity contribution in [3.8, 4) is 0 Å². The summed E-state index contributed by atoms with van der Waals surface area (Å²) in [6, 6.07) is 26.6. The molecule has 0 aliphatic rings. The van der Waals surface area contributed by atoms with Crippen LogP contribution in [-0.2, 0) is 32.6 Å². The number of amides is 2. The van der Waals surface area contributed by atoms with Gasteiger partial charge < -0.3 is 10.2 Å². The first-order valence-electron chi connectivity index (χ1n) is 14.6. The zero-order chi connectivity index (χ0) is 32.7. The van der Waals surface area contributed by atoms with Crippen LogP contribution in [-0.4, -0.2) is 43.8 Å². The quantitative estimate of drug-likeness (QED) is 0.177. The Bertz CT molecular complexity index is 1750. The van der Waals surface area contributed by atoms with Crippen LogP contribution < -0.4 is 9.62 Å². The van der Waals surface area contributed by atoms with E-state index in [9.17, 15) is 18.0 Å². The Morgan fingerprint density at radius 1 is 0.844 bits per heavy atom. The minimum atomic E-state index is -4.22. The highest BCUT2D eigenvalue weighted by Crippen LogP contribution is 2.30. The van der Waals surface area contributed by atoms with E-state index in [4.69, 9.17) is 23.2 Å². The third kappa shape index (κ3) is 8.66. The number of nitrogens with zero attached hydrogens (tertiary/aromatic N) is 2.